The number of nitriles is 1. The summed E-state index contributed by atoms with van der Waals surface area (Å²) in [5.74, 6) is 1.16. The molecule has 0 aromatic heterocycles. The minimum atomic E-state index is -1.12. The van der Waals surface area contributed by atoms with Crippen molar-refractivity contribution in [3.05, 3.63) is 22.2 Å². The van der Waals surface area contributed by atoms with Crippen molar-refractivity contribution in [1.29, 1.82) is 5.26 Å². The number of benzene rings is 1. The molecule has 4 rings (SSSR count). The molecule has 0 N–H and O–H groups in total. The third kappa shape index (κ3) is 3.01. The van der Waals surface area contributed by atoms with Crippen molar-refractivity contribution in [3.8, 4) is 17.6 Å². The van der Waals surface area contributed by atoms with Gasteiger partial charge in [-0.1, -0.05) is 37.5 Å². The Morgan fingerprint density at radius 1 is 1.45 bits per heavy atom. The lowest BCUT2D eigenvalue weighted by molar-refractivity contribution is -0.145. The molecular formula is C19H20BrN3O4S2. The maximum absolute atomic E-state index is 13.5. The zero-order valence-corrected chi connectivity index (χ0v) is 19.4. The number of halogens is 1. The Bertz CT molecular complexity index is 939. The second-order valence-electron chi connectivity index (χ2n) is 7.55. The number of hydrogen-bond donors (Lipinski definition) is 0. The highest BCUT2D eigenvalue weighted by molar-refractivity contribution is 9.10. The van der Waals surface area contributed by atoms with Crippen LogP contribution in [0, 0.1) is 16.7 Å². The molecule has 154 valence electrons. The number of rotatable bonds is 3. The number of nitrogens with zero attached hydrogens (tertiary/aromatic N) is 3. The first kappa shape index (κ1) is 20.7. The SMILES string of the molecule is CCN(C)C(=O)[C@@]12C[C@](C)(C#N)[C@H](c3cc4c(cc3Br)OCO4)N1C(=O)CSS2. The summed E-state index contributed by atoms with van der Waals surface area (Å²) in [5, 5.41) is 10.2. The normalized spacial score (nSPS) is 30.1. The van der Waals surface area contributed by atoms with Crippen LogP contribution in [-0.2, 0) is 9.59 Å². The number of ether oxygens (including phenoxy) is 2. The van der Waals surface area contributed by atoms with Gasteiger partial charge in [0.15, 0.2) is 16.4 Å². The highest BCUT2D eigenvalue weighted by atomic mass is 79.9. The van der Waals surface area contributed by atoms with Crippen LogP contribution in [0.5, 0.6) is 11.5 Å². The van der Waals surface area contributed by atoms with E-state index in [1.165, 1.54) is 21.6 Å². The molecule has 3 heterocycles. The molecule has 3 atom stereocenters. The standard InChI is InChI=1S/C19H20BrN3O4S2/c1-4-22(3)17(25)19-8-18(2,9-21)16(23(19)15(24)7-28-29-19)11-5-13-14(6-12(11)20)27-10-26-13/h5-6,16H,4,7-8,10H2,1-3H3/t16-,18+,19-/m0/s1. The molecule has 2 saturated heterocycles. The summed E-state index contributed by atoms with van der Waals surface area (Å²) in [6.45, 7) is 4.37. The van der Waals surface area contributed by atoms with E-state index >= 15 is 0 Å². The van der Waals surface area contributed by atoms with Crippen LogP contribution in [0.15, 0.2) is 16.6 Å². The van der Waals surface area contributed by atoms with E-state index in [4.69, 9.17) is 9.47 Å². The Balaban J connectivity index is 1.90. The number of fused-ring (bicyclic) bond motifs is 2. The maximum atomic E-state index is 13.5. The van der Waals surface area contributed by atoms with Gasteiger partial charge in [0.05, 0.1) is 23.3 Å². The van der Waals surface area contributed by atoms with E-state index in [1.807, 2.05) is 19.9 Å². The van der Waals surface area contributed by atoms with E-state index in [0.29, 0.717) is 18.0 Å². The summed E-state index contributed by atoms with van der Waals surface area (Å²) in [7, 11) is 4.50. The molecule has 0 radical (unpaired) electrons. The Morgan fingerprint density at radius 3 is 2.79 bits per heavy atom. The topological polar surface area (TPSA) is 82.9 Å². The number of hydrogen-bond acceptors (Lipinski definition) is 7. The fourth-order valence-electron chi connectivity index (χ4n) is 4.22. The molecule has 7 nitrogen and oxygen atoms in total. The number of amides is 2. The molecule has 2 amide bonds. The predicted octanol–water partition coefficient (Wildman–Crippen LogP) is 3.55. The van der Waals surface area contributed by atoms with Crippen LogP contribution in [0.4, 0.5) is 0 Å². The van der Waals surface area contributed by atoms with Gasteiger partial charge in [0.25, 0.3) is 5.91 Å². The van der Waals surface area contributed by atoms with Crippen molar-refractivity contribution in [3.63, 3.8) is 0 Å². The predicted molar refractivity (Wildman–Crippen MR) is 114 cm³/mol. The molecule has 3 aliphatic heterocycles. The smallest absolute Gasteiger partial charge is 0.259 e. The first-order valence-corrected chi connectivity index (χ1v) is 12.3. The van der Waals surface area contributed by atoms with Crippen LogP contribution < -0.4 is 9.47 Å². The van der Waals surface area contributed by atoms with Crippen molar-refractivity contribution >= 4 is 49.3 Å². The molecule has 0 aliphatic carbocycles. The van der Waals surface area contributed by atoms with Gasteiger partial charge in [-0.05, 0) is 31.5 Å². The van der Waals surface area contributed by atoms with Gasteiger partial charge in [0.1, 0.15) is 0 Å². The van der Waals surface area contributed by atoms with Gasteiger partial charge in [-0.15, -0.1) is 0 Å². The van der Waals surface area contributed by atoms with E-state index < -0.39 is 16.3 Å². The van der Waals surface area contributed by atoms with Crippen LogP contribution in [-0.4, -0.2) is 52.6 Å². The Morgan fingerprint density at radius 2 is 2.14 bits per heavy atom. The average molecular weight is 498 g/mol. The summed E-state index contributed by atoms with van der Waals surface area (Å²) in [5.41, 5.74) is -0.207. The maximum Gasteiger partial charge on any atom is 0.259 e. The average Bonchev–Trinajstić information content (AvgIpc) is 3.26. The summed E-state index contributed by atoms with van der Waals surface area (Å²) >= 11 is 3.58. The van der Waals surface area contributed by atoms with Crippen molar-refractivity contribution in [2.75, 3.05) is 26.1 Å². The van der Waals surface area contributed by atoms with Crippen LogP contribution >= 0.6 is 37.5 Å². The van der Waals surface area contributed by atoms with Crippen molar-refractivity contribution in [1.82, 2.24) is 9.80 Å². The van der Waals surface area contributed by atoms with Gasteiger partial charge >= 0.3 is 0 Å². The fraction of sp³-hybridized carbons (Fsp3) is 0.526. The zero-order chi connectivity index (χ0) is 21.0. The quantitative estimate of drug-likeness (QED) is 0.590. The third-order valence-electron chi connectivity index (χ3n) is 5.70. The zero-order valence-electron chi connectivity index (χ0n) is 16.2. The van der Waals surface area contributed by atoms with Crippen LogP contribution in [0.3, 0.4) is 0 Å². The van der Waals surface area contributed by atoms with E-state index in [9.17, 15) is 14.9 Å². The lowest BCUT2D eigenvalue weighted by atomic mass is 9.79. The van der Waals surface area contributed by atoms with Gasteiger partial charge < -0.3 is 19.3 Å². The molecule has 3 aliphatic rings. The highest BCUT2D eigenvalue weighted by Crippen LogP contribution is 2.64. The first-order valence-electron chi connectivity index (χ1n) is 9.16. The van der Waals surface area contributed by atoms with Gasteiger partial charge in [-0.25, -0.2) is 0 Å². The number of likely N-dealkylation sites (N-methyl/N-ethyl adjacent to an activating group) is 1. The molecule has 0 spiro atoms. The molecule has 29 heavy (non-hydrogen) atoms. The summed E-state index contributed by atoms with van der Waals surface area (Å²) in [6.07, 6.45) is 0.259. The highest BCUT2D eigenvalue weighted by Gasteiger charge is 2.66. The number of carbonyl (C=O) groups excluding carboxylic acids is 2. The van der Waals surface area contributed by atoms with Crippen molar-refractivity contribution in [2.24, 2.45) is 5.41 Å². The molecule has 0 unspecified atom stereocenters. The van der Waals surface area contributed by atoms with Crippen molar-refractivity contribution in [2.45, 2.75) is 31.2 Å². The molecular weight excluding hydrogens is 478 g/mol. The summed E-state index contributed by atoms with van der Waals surface area (Å²) in [6, 6.07) is 5.44. The second-order valence-corrected chi connectivity index (χ2v) is 11.0. The van der Waals surface area contributed by atoms with E-state index in [2.05, 4.69) is 22.0 Å². The molecule has 1 aromatic carbocycles. The lowest BCUT2D eigenvalue weighted by Gasteiger charge is -2.43. The molecule has 10 heteroatoms. The molecule has 1 aromatic rings. The Hall–Kier alpha value is -1.57. The first-order chi connectivity index (χ1) is 13.8. The van der Waals surface area contributed by atoms with Gasteiger partial charge in [-0.3, -0.25) is 9.59 Å². The summed E-state index contributed by atoms with van der Waals surface area (Å²) < 4.78 is 11.7. The van der Waals surface area contributed by atoms with Crippen LogP contribution in [0.2, 0.25) is 0 Å². The minimum absolute atomic E-state index is 0.129. The minimum Gasteiger partial charge on any atom is -0.454 e. The second kappa shape index (κ2) is 7.29. The van der Waals surface area contributed by atoms with Gasteiger partial charge in [0, 0.05) is 24.5 Å². The van der Waals surface area contributed by atoms with Gasteiger partial charge in [0.2, 0.25) is 12.7 Å². The van der Waals surface area contributed by atoms with E-state index in [1.54, 1.807) is 22.9 Å². The van der Waals surface area contributed by atoms with E-state index in [-0.39, 0.29) is 30.8 Å². The number of carbonyl (C=O) groups is 2. The van der Waals surface area contributed by atoms with E-state index in [0.717, 1.165) is 10.0 Å². The van der Waals surface area contributed by atoms with Gasteiger partial charge in [-0.2, -0.15) is 5.26 Å². The Labute approximate surface area is 185 Å². The van der Waals surface area contributed by atoms with Crippen LogP contribution in [0.1, 0.15) is 31.9 Å². The largest absolute Gasteiger partial charge is 0.454 e. The monoisotopic (exact) mass is 497 g/mol. The Kier molecular flexibility index (Phi) is 5.20. The summed E-state index contributed by atoms with van der Waals surface area (Å²) in [4.78, 5) is 28.8. The molecule has 0 bridgehead atoms. The third-order valence-corrected chi connectivity index (χ3v) is 9.20. The fourth-order valence-corrected chi connectivity index (χ4v) is 7.82. The van der Waals surface area contributed by atoms with Crippen molar-refractivity contribution < 1.29 is 19.1 Å². The lowest BCUT2D eigenvalue weighted by Crippen LogP contribution is -2.57. The van der Waals surface area contributed by atoms with Crippen LogP contribution in [0.25, 0.3) is 0 Å². The molecule has 0 saturated carbocycles. The molecule has 2 fully saturated rings.